The summed E-state index contributed by atoms with van der Waals surface area (Å²) in [5.74, 6) is 3.46. The first kappa shape index (κ1) is 19.0. The third kappa shape index (κ3) is 3.29. The fourth-order valence-electron chi connectivity index (χ4n) is 3.57. The molecule has 2 aromatic carbocycles. The molecule has 27 heavy (non-hydrogen) atoms. The number of ether oxygens (including phenoxy) is 5. The normalized spacial score (nSPS) is 18.1. The average Bonchev–Trinajstić information content (AvgIpc) is 3.03. The molecule has 144 valence electrons. The Bertz CT molecular complexity index is 831. The molecule has 0 unspecified atom stereocenters. The molecule has 0 amide bonds. The van der Waals surface area contributed by atoms with Crippen LogP contribution in [0.5, 0.6) is 28.7 Å². The van der Waals surface area contributed by atoms with Crippen molar-refractivity contribution in [1.29, 1.82) is 0 Å². The molecule has 0 fully saturated rings. The van der Waals surface area contributed by atoms with Gasteiger partial charge in [-0.2, -0.15) is 0 Å². The van der Waals surface area contributed by atoms with E-state index in [1.807, 2.05) is 31.2 Å². The zero-order valence-corrected chi connectivity index (χ0v) is 16.7. The lowest BCUT2D eigenvalue weighted by molar-refractivity contribution is 0.207. The standard InChI is InChI=1S/C22H26O5/c1-7-8-14-9-16-13(2)20(27-21(16)17(10-14)23-3)15-11-18(24-4)22(26-6)19(12-15)25-5/h7-13,20H,1-6H3/b8-7+/t13-,20-/m1/s1. The highest BCUT2D eigenvalue weighted by Gasteiger charge is 2.36. The van der Waals surface area contributed by atoms with Crippen molar-refractivity contribution in [2.75, 3.05) is 28.4 Å². The number of methoxy groups -OCH3 is 4. The molecule has 1 aliphatic heterocycles. The van der Waals surface area contributed by atoms with Crippen LogP contribution in [0, 0.1) is 0 Å². The van der Waals surface area contributed by atoms with Gasteiger partial charge < -0.3 is 23.7 Å². The van der Waals surface area contributed by atoms with Gasteiger partial charge in [-0.3, -0.25) is 0 Å². The molecule has 0 aliphatic carbocycles. The lowest BCUT2D eigenvalue weighted by atomic mass is 9.91. The van der Waals surface area contributed by atoms with Crippen molar-refractivity contribution in [3.63, 3.8) is 0 Å². The van der Waals surface area contributed by atoms with E-state index in [4.69, 9.17) is 23.7 Å². The molecule has 3 rings (SSSR count). The van der Waals surface area contributed by atoms with E-state index in [2.05, 4.69) is 19.1 Å². The van der Waals surface area contributed by atoms with Crippen LogP contribution in [-0.2, 0) is 0 Å². The summed E-state index contributed by atoms with van der Waals surface area (Å²) in [4.78, 5) is 0. The number of allylic oxidation sites excluding steroid dienone is 1. The molecule has 2 atom stereocenters. The maximum absolute atomic E-state index is 6.33. The Morgan fingerprint density at radius 3 is 2.00 bits per heavy atom. The molecule has 5 nitrogen and oxygen atoms in total. The predicted octanol–water partition coefficient (Wildman–Crippen LogP) is 4.99. The summed E-state index contributed by atoms with van der Waals surface area (Å²) >= 11 is 0. The third-order valence-electron chi connectivity index (χ3n) is 4.89. The van der Waals surface area contributed by atoms with Gasteiger partial charge in [0.15, 0.2) is 23.0 Å². The van der Waals surface area contributed by atoms with E-state index < -0.39 is 0 Å². The maximum Gasteiger partial charge on any atom is 0.203 e. The van der Waals surface area contributed by atoms with E-state index in [0.717, 1.165) is 28.2 Å². The molecule has 1 aliphatic rings. The van der Waals surface area contributed by atoms with Crippen molar-refractivity contribution in [3.8, 4) is 28.7 Å². The Balaban J connectivity index is 2.07. The number of hydrogen-bond donors (Lipinski definition) is 0. The fourth-order valence-corrected chi connectivity index (χ4v) is 3.57. The topological polar surface area (TPSA) is 46.2 Å². The summed E-state index contributed by atoms with van der Waals surface area (Å²) in [5.41, 5.74) is 3.18. The van der Waals surface area contributed by atoms with Gasteiger partial charge in [-0.25, -0.2) is 0 Å². The van der Waals surface area contributed by atoms with Crippen LogP contribution in [0.2, 0.25) is 0 Å². The van der Waals surface area contributed by atoms with Crippen molar-refractivity contribution in [2.45, 2.75) is 25.9 Å². The van der Waals surface area contributed by atoms with Gasteiger partial charge in [0.25, 0.3) is 0 Å². The molecule has 0 radical (unpaired) electrons. The highest BCUT2D eigenvalue weighted by Crippen LogP contribution is 2.52. The van der Waals surface area contributed by atoms with E-state index in [0.29, 0.717) is 17.2 Å². The first-order valence-electron chi connectivity index (χ1n) is 8.89. The smallest absolute Gasteiger partial charge is 0.203 e. The summed E-state index contributed by atoms with van der Waals surface area (Å²) in [5, 5.41) is 0. The van der Waals surface area contributed by atoms with E-state index >= 15 is 0 Å². The fraction of sp³-hybridized carbons (Fsp3) is 0.364. The van der Waals surface area contributed by atoms with Gasteiger partial charge in [-0.1, -0.05) is 19.1 Å². The van der Waals surface area contributed by atoms with Gasteiger partial charge in [-0.15, -0.1) is 0 Å². The highest BCUT2D eigenvalue weighted by atomic mass is 16.5. The lowest BCUT2D eigenvalue weighted by Gasteiger charge is -2.20. The van der Waals surface area contributed by atoms with Crippen molar-refractivity contribution in [3.05, 3.63) is 47.0 Å². The second-order valence-corrected chi connectivity index (χ2v) is 6.43. The van der Waals surface area contributed by atoms with Crippen LogP contribution >= 0.6 is 0 Å². The van der Waals surface area contributed by atoms with Crippen LogP contribution in [0.25, 0.3) is 6.08 Å². The van der Waals surface area contributed by atoms with Crippen LogP contribution in [0.1, 0.15) is 42.6 Å². The van der Waals surface area contributed by atoms with Crippen molar-refractivity contribution < 1.29 is 23.7 Å². The third-order valence-corrected chi connectivity index (χ3v) is 4.89. The molecule has 0 N–H and O–H groups in total. The number of hydrogen-bond acceptors (Lipinski definition) is 5. The first-order valence-corrected chi connectivity index (χ1v) is 8.89. The molecule has 0 spiro atoms. The number of benzene rings is 2. The zero-order chi connectivity index (χ0) is 19.6. The van der Waals surface area contributed by atoms with E-state index in [1.165, 1.54) is 0 Å². The predicted molar refractivity (Wildman–Crippen MR) is 106 cm³/mol. The summed E-state index contributed by atoms with van der Waals surface area (Å²) in [6, 6.07) is 8.02. The second-order valence-electron chi connectivity index (χ2n) is 6.43. The summed E-state index contributed by atoms with van der Waals surface area (Å²) in [6.45, 7) is 4.15. The highest BCUT2D eigenvalue weighted by molar-refractivity contribution is 5.62. The Labute approximate surface area is 160 Å². The number of rotatable bonds is 6. The van der Waals surface area contributed by atoms with Crippen molar-refractivity contribution >= 4 is 6.08 Å². The molecular weight excluding hydrogens is 344 g/mol. The zero-order valence-electron chi connectivity index (χ0n) is 16.7. The van der Waals surface area contributed by atoms with E-state index in [9.17, 15) is 0 Å². The van der Waals surface area contributed by atoms with Crippen molar-refractivity contribution in [1.82, 2.24) is 0 Å². The minimum atomic E-state index is -0.177. The van der Waals surface area contributed by atoms with Crippen LogP contribution < -0.4 is 23.7 Å². The van der Waals surface area contributed by atoms with Crippen LogP contribution in [0.4, 0.5) is 0 Å². The van der Waals surface area contributed by atoms with Crippen molar-refractivity contribution in [2.24, 2.45) is 0 Å². The lowest BCUT2D eigenvalue weighted by Crippen LogP contribution is -2.08. The number of fused-ring (bicyclic) bond motifs is 1. The average molecular weight is 370 g/mol. The van der Waals surface area contributed by atoms with Crippen LogP contribution in [0.15, 0.2) is 30.3 Å². The van der Waals surface area contributed by atoms with Crippen LogP contribution in [0.3, 0.4) is 0 Å². The van der Waals surface area contributed by atoms with Crippen LogP contribution in [-0.4, -0.2) is 28.4 Å². The van der Waals surface area contributed by atoms with E-state index in [-0.39, 0.29) is 12.0 Å². The molecule has 1 heterocycles. The van der Waals surface area contributed by atoms with E-state index in [1.54, 1.807) is 28.4 Å². The summed E-state index contributed by atoms with van der Waals surface area (Å²) in [6.07, 6.45) is 3.89. The molecule has 0 saturated carbocycles. The Morgan fingerprint density at radius 1 is 0.852 bits per heavy atom. The molecule has 0 bridgehead atoms. The SMILES string of the molecule is C/C=C/c1cc(OC)c2c(c1)[C@@H](C)[C@H](c1cc(OC)c(OC)c(OC)c1)O2. The summed E-state index contributed by atoms with van der Waals surface area (Å²) in [7, 11) is 6.48. The van der Waals surface area contributed by atoms with Gasteiger partial charge in [0.05, 0.1) is 28.4 Å². The van der Waals surface area contributed by atoms with Gasteiger partial charge in [-0.05, 0) is 36.8 Å². The molecule has 5 heteroatoms. The largest absolute Gasteiger partial charge is 0.493 e. The Morgan fingerprint density at radius 2 is 1.48 bits per heavy atom. The second kappa shape index (κ2) is 7.82. The van der Waals surface area contributed by atoms with Gasteiger partial charge >= 0.3 is 0 Å². The Kier molecular flexibility index (Phi) is 5.49. The first-order chi connectivity index (χ1) is 13.1. The van der Waals surface area contributed by atoms with Gasteiger partial charge in [0, 0.05) is 17.0 Å². The van der Waals surface area contributed by atoms with Gasteiger partial charge in [0.1, 0.15) is 6.10 Å². The molecule has 0 aromatic heterocycles. The molecule has 0 saturated heterocycles. The Hall–Kier alpha value is -2.82. The quantitative estimate of drug-likeness (QED) is 0.717. The minimum absolute atomic E-state index is 0.141. The summed E-state index contributed by atoms with van der Waals surface area (Å²) < 4.78 is 28.3. The molecule has 2 aromatic rings. The molecular formula is C22H26O5. The monoisotopic (exact) mass is 370 g/mol. The minimum Gasteiger partial charge on any atom is -0.493 e. The van der Waals surface area contributed by atoms with Gasteiger partial charge in [0.2, 0.25) is 5.75 Å². The maximum atomic E-state index is 6.33.